The first kappa shape index (κ1) is 13.9. The van der Waals surface area contributed by atoms with Crippen molar-refractivity contribution in [3.8, 4) is 0 Å². The third-order valence-corrected chi connectivity index (χ3v) is 5.25. The van der Waals surface area contributed by atoms with Crippen molar-refractivity contribution in [3.63, 3.8) is 0 Å². The van der Waals surface area contributed by atoms with Gasteiger partial charge in [-0.1, -0.05) is 0 Å². The topological polar surface area (TPSA) is 53.8 Å². The van der Waals surface area contributed by atoms with Crippen LogP contribution in [0.5, 0.6) is 0 Å². The number of aryl methyl sites for hydroxylation is 1. The number of furan rings is 1. The second-order valence-corrected chi connectivity index (χ2v) is 6.86. The minimum absolute atomic E-state index is 0.0266. The molecule has 2 amide bonds. The first-order valence-electron chi connectivity index (χ1n) is 8.30. The fourth-order valence-electron chi connectivity index (χ4n) is 3.91. The van der Waals surface area contributed by atoms with Crippen LogP contribution < -0.4 is 0 Å². The summed E-state index contributed by atoms with van der Waals surface area (Å²) in [6.07, 6.45) is 4.74. The Hall–Kier alpha value is -1.78. The lowest BCUT2D eigenvalue weighted by Crippen LogP contribution is -2.53. The number of piperidine rings is 1. The van der Waals surface area contributed by atoms with Crippen LogP contribution >= 0.6 is 0 Å². The molecular formula is C17H22N2O3. The Morgan fingerprint density at radius 3 is 2.73 bits per heavy atom. The molecule has 2 saturated heterocycles. The van der Waals surface area contributed by atoms with Gasteiger partial charge in [-0.05, 0) is 50.7 Å². The summed E-state index contributed by atoms with van der Waals surface area (Å²) in [5, 5.41) is 0. The molecule has 3 aliphatic rings. The zero-order chi connectivity index (χ0) is 15.3. The van der Waals surface area contributed by atoms with Crippen molar-refractivity contribution in [3.05, 3.63) is 23.7 Å². The van der Waals surface area contributed by atoms with E-state index >= 15 is 0 Å². The van der Waals surface area contributed by atoms with Crippen LogP contribution in [0.4, 0.5) is 0 Å². The second kappa shape index (κ2) is 5.14. The van der Waals surface area contributed by atoms with E-state index in [1.54, 1.807) is 6.07 Å². The van der Waals surface area contributed by atoms with Crippen LogP contribution in [0.3, 0.4) is 0 Å². The Labute approximate surface area is 130 Å². The van der Waals surface area contributed by atoms with Gasteiger partial charge >= 0.3 is 0 Å². The zero-order valence-electron chi connectivity index (χ0n) is 13.0. The van der Waals surface area contributed by atoms with Crippen molar-refractivity contribution in [1.82, 2.24) is 9.80 Å². The largest absolute Gasteiger partial charge is 0.456 e. The van der Waals surface area contributed by atoms with Crippen LogP contribution in [0.1, 0.15) is 48.4 Å². The number of fused-ring (bicyclic) bond motifs is 1. The van der Waals surface area contributed by atoms with Crippen LogP contribution in [0.15, 0.2) is 16.5 Å². The van der Waals surface area contributed by atoms with Crippen molar-refractivity contribution >= 4 is 11.8 Å². The molecule has 3 fully saturated rings. The maximum absolute atomic E-state index is 12.7. The van der Waals surface area contributed by atoms with Crippen molar-refractivity contribution < 1.29 is 14.0 Å². The highest BCUT2D eigenvalue weighted by molar-refractivity contribution is 5.92. The lowest BCUT2D eigenvalue weighted by molar-refractivity contribution is -0.137. The Bertz CT molecular complexity index is 605. The molecule has 0 radical (unpaired) electrons. The number of carbonyl (C=O) groups excluding carboxylic acids is 2. The molecule has 5 nitrogen and oxygen atoms in total. The molecule has 5 heteroatoms. The molecule has 0 spiro atoms. The van der Waals surface area contributed by atoms with E-state index in [0.717, 1.165) is 31.7 Å². The van der Waals surface area contributed by atoms with Crippen LogP contribution in [-0.4, -0.2) is 46.8 Å². The molecular weight excluding hydrogens is 280 g/mol. The molecule has 2 aliphatic heterocycles. The number of hydrogen-bond donors (Lipinski definition) is 0. The third kappa shape index (κ3) is 2.32. The molecule has 0 aromatic carbocycles. The Balaban J connectivity index is 1.52. The van der Waals surface area contributed by atoms with E-state index in [-0.39, 0.29) is 23.9 Å². The standard InChI is InChI=1S/C17H22N2O3/c1-11-2-6-15(22-11)17(21)18-9-8-14-13(18)5-7-16(20)19(14)10-12-3-4-12/h2,6,12-14H,3-5,7-10H2,1H3/t13-,14-/m1/s1. The summed E-state index contributed by atoms with van der Waals surface area (Å²) in [6.45, 7) is 3.46. The number of rotatable bonds is 3. The van der Waals surface area contributed by atoms with Gasteiger partial charge in [-0.3, -0.25) is 9.59 Å². The molecule has 3 heterocycles. The van der Waals surface area contributed by atoms with Gasteiger partial charge in [-0.25, -0.2) is 0 Å². The summed E-state index contributed by atoms with van der Waals surface area (Å²) in [7, 11) is 0. The lowest BCUT2D eigenvalue weighted by Gasteiger charge is -2.39. The lowest BCUT2D eigenvalue weighted by atomic mass is 9.95. The number of carbonyl (C=O) groups is 2. The third-order valence-electron chi connectivity index (χ3n) is 5.25. The maximum Gasteiger partial charge on any atom is 0.289 e. The average Bonchev–Trinajstić information content (AvgIpc) is 3.05. The van der Waals surface area contributed by atoms with E-state index in [4.69, 9.17) is 4.42 Å². The van der Waals surface area contributed by atoms with Crippen molar-refractivity contribution in [2.45, 2.75) is 51.1 Å². The number of hydrogen-bond acceptors (Lipinski definition) is 3. The van der Waals surface area contributed by atoms with Crippen LogP contribution in [0.25, 0.3) is 0 Å². The molecule has 1 aromatic rings. The van der Waals surface area contributed by atoms with Crippen molar-refractivity contribution in [2.24, 2.45) is 5.92 Å². The minimum Gasteiger partial charge on any atom is -0.456 e. The van der Waals surface area contributed by atoms with E-state index < -0.39 is 0 Å². The van der Waals surface area contributed by atoms with E-state index in [0.29, 0.717) is 18.1 Å². The Kier molecular flexibility index (Phi) is 3.24. The maximum atomic E-state index is 12.7. The van der Waals surface area contributed by atoms with Gasteiger partial charge in [-0.2, -0.15) is 0 Å². The molecule has 1 aromatic heterocycles. The molecule has 118 valence electrons. The highest BCUT2D eigenvalue weighted by Crippen LogP contribution is 2.37. The van der Waals surface area contributed by atoms with Gasteiger partial charge < -0.3 is 14.2 Å². The fraction of sp³-hybridized carbons (Fsp3) is 0.647. The predicted molar refractivity (Wildman–Crippen MR) is 80.3 cm³/mol. The van der Waals surface area contributed by atoms with Gasteiger partial charge in [0, 0.05) is 19.5 Å². The Morgan fingerprint density at radius 2 is 2.05 bits per heavy atom. The quantitative estimate of drug-likeness (QED) is 0.860. The molecule has 22 heavy (non-hydrogen) atoms. The van der Waals surface area contributed by atoms with E-state index in [2.05, 4.69) is 4.90 Å². The molecule has 2 atom stereocenters. The van der Waals surface area contributed by atoms with Gasteiger partial charge in [0.15, 0.2) is 5.76 Å². The molecule has 0 N–H and O–H groups in total. The van der Waals surface area contributed by atoms with Gasteiger partial charge in [0.05, 0.1) is 12.1 Å². The molecule has 1 aliphatic carbocycles. The molecule has 1 saturated carbocycles. The number of likely N-dealkylation sites (tertiary alicyclic amines) is 2. The summed E-state index contributed by atoms with van der Waals surface area (Å²) in [6, 6.07) is 3.95. The highest BCUT2D eigenvalue weighted by atomic mass is 16.3. The summed E-state index contributed by atoms with van der Waals surface area (Å²) in [4.78, 5) is 28.9. The number of nitrogens with zero attached hydrogens (tertiary/aromatic N) is 2. The highest BCUT2D eigenvalue weighted by Gasteiger charge is 2.46. The van der Waals surface area contributed by atoms with E-state index in [1.165, 1.54) is 12.8 Å². The van der Waals surface area contributed by atoms with Crippen LogP contribution in [0, 0.1) is 12.8 Å². The van der Waals surface area contributed by atoms with E-state index in [1.807, 2.05) is 17.9 Å². The molecule has 4 rings (SSSR count). The SMILES string of the molecule is Cc1ccc(C(=O)N2CC[C@@H]3[C@H]2CCC(=O)N3CC2CC2)o1. The summed E-state index contributed by atoms with van der Waals surface area (Å²) in [5.74, 6) is 2.12. The first-order valence-corrected chi connectivity index (χ1v) is 8.30. The zero-order valence-corrected chi connectivity index (χ0v) is 13.0. The average molecular weight is 302 g/mol. The summed E-state index contributed by atoms with van der Waals surface area (Å²) >= 11 is 0. The van der Waals surface area contributed by atoms with Crippen LogP contribution in [-0.2, 0) is 4.79 Å². The van der Waals surface area contributed by atoms with Gasteiger partial charge in [0.1, 0.15) is 5.76 Å². The van der Waals surface area contributed by atoms with Crippen molar-refractivity contribution in [2.75, 3.05) is 13.1 Å². The summed E-state index contributed by atoms with van der Waals surface area (Å²) in [5.41, 5.74) is 0. The van der Waals surface area contributed by atoms with Gasteiger partial charge in [0.2, 0.25) is 5.91 Å². The fourth-order valence-corrected chi connectivity index (χ4v) is 3.91. The van der Waals surface area contributed by atoms with E-state index in [9.17, 15) is 9.59 Å². The smallest absolute Gasteiger partial charge is 0.289 e. The van der Waals surface area contributed by atoms with Crippen molar-refractivity contribution in [1.29, 1.82) is 0 Å². The molecule has 0 bridgehead atoms. The first-order chi connectivity index (χ1) is 10.6. The minimum atomic E-state index is -0.0266. The number of amides is 2. The summed E-state index contributed by atoms with van der Waals surface area (Å²) < 4.78 is 5.49. The van der Waals surface area contributed by atoms with Gasteiger partial charge in [-0.15, -0.1) is 0 Å². The van der Waals surface area contributed by atoms with Gasteiger partial charge in [0.25, 0.3) is 5.91 Å². The predicted octanol–water partition coefficient (Wildman–Crippen LogP) is 2.20. The second-order valence-electron chi connectivity index (χ2n) is 6.86. The monoisotopic (exact) mass is 302 g/mol. The normalized spacial score (nSPS) is 28.1. The Morgan fingerprint density at radius 1 is 1.23 bits per heavy atom. The van der Waals surface area contributed by atoms with Crippen LogP contribution in [0.2, 0.25) is 0 Å². The molecule has 0 unspecified atom stereocenters.